The van der Waals surface area contributed by atoms with Gasteiger partial charge in [-0.2, -0.15) is 0 Å². The van der Waals surface area contributed by atoms with Crippen molar-refractivity contribution in [2.75, 3.05) is 0 Å². The van der Waals surface area contributed by atoms with Gasteiger partial charge in [0.1, 0.15) is 0 Å². The normalized spacial score (nSPS) is 12.2. The van der Waals surface area contributed by atoms with Crippen LogP contribution in [0.4, 0.5) is 0 Å². The summed E-state index contributed by atoms with van der Waals surface area (Å²) in [4.78, 5) is 9.46. The summed E-state index contributed by atoms with van der Waals surface area (Å²) in [5.41, 5.74) is 4.63. The quantitative estimate of drug-likeness (QED) is 0.143. The van der Waals surface area contributed by atoms with Crippen molar-refractivity contribution < 1.29 is 18.6 Å². The van der Waals surface area contributed by atoms with Crippen molar-refractivity contribution in [3.05, 3.63) is 206 Å². The van der Waals surface area contributed by atoms with Crippen LogP contribution in [-0.2, 0) is 9.13 Å². The summed E-state index contributed by atoms with van der Waals surface area (Å²) in [6, 6.07) is 65.9. The number of fused-ring (bicyclic) bond motifs is 3. The summed E-state index contributed by atoms with van der Waals surface area (Å²) in [7, 11) is -6.62. The zero-order valence-electron chi connectivity index (χ0n) is 31.1. The van der Waals surface area contributed by atoms with E-state index < -0.39 is 14.3 Å². The predicted octanol–water partition coefficient (Wildman–Crippen LogP) is 10.1. The smallest absolute Gasteiger partial charge is 0.284 e. The maximum Gasteiger partial charge on any atom is 0.284 e. The maximum absolute atomic E-state index is 15.6. The second-order valence-electron chi connectivity index (χ2n) is 14.0. The molecule has 0 radical (unpaired) electrons. The van der Waals surface area contributed by atoms with Crippen molar-refractivity contribution in [2.45, 2.75) is 0 Å². The summed E-state index contributed by atoms with van der Waals surface area (Å²) in [5.74, 6) is 1.46. The van der Waals surface area contributed by atoms with E-state index in [0.29, 0.717) is 33.1 Å². The summed E-state index contributed by atoms with van der Waals surface area (Å²) in [5, 5.41) is 4.36. The molecule has 9 aromatic rings. The summed E-state index contributed by atoms with van der Waals surface area (Å²) >= 11 is 0. The van der Waals surface area contributed by atoms with Crippen molar-refractivity contribution in [3.63, 3.8) is 0 Å². The van der Waals surface area contributed by atoms with Crippen molar-refractivity contribution >= 4 is 57.1 Å². The first-order chi connectivity index (χ1) is 28.5. The van der Waals surface area contributed by atoms with Gasteiger partial charge in [-0.25, -0.2) is 9.97 Å². The topological polar surface area (TPSA) is 78.4 Å². The van der Waals surface area contributed by atoms with E-state index in [1.165, 1.54) is 0 Å². The van der Waals surface area contributed by atoms with Gasteiger partial charge in [0.05, 0.1) is 11.0 Å². The average Bonchev–Trinajstić information content (AvgIpc) is 3.30. The van der Waals surface area contributed by atoms with E-state index in [1.807, 2.05) is 206 Å². The number of nitrogens with zero attached hydrogens (tertiary/aromatic N) is 2. The lowest BCUT2D eigenvalue weighted by Crippen LogP contribution is -2.25. The van der Waals surface area contributed by atoms with Gasteiger partial charge in [-0.1, -0.05) is 170 Å². The molecule has 0 N–H and O–H groups in total. The molecule has 0 atom stereocenters. The molecular formula is C50H34N2O4P2. The fraction of sp³-hybridized carbons (Fsp3) is 0. The standard InChI is InChI=1S/C50H34N2O4P2/c53-57(37-19-5-1-6-20-37,38-21-7-2-8-22-38)41-27-15-17-35(31-41)43-33-47-48(56-50-49(55-47)51-45-29-13-14-30-46(45)52-50)34-44(43)36-18-16-28-42(32-36)58(54,39-23-9-3-10-24-39)40-25-11-4-12-26-40/h1-34H. The molecule has 0 aliphatic carbocycles. The molecule has 0 unspecified atom stereocenters. The second-order valence-corrected chi connectivity index (χ2v) is 19.6. The minimum absolute atomic E-state index is 0.268. The molecule has 8 aromatic carbocycles. The Morgan fingerprint density at radius 3 is 0.983 bits per heavy atom. The SMILES string of the molecule is O=P(c1ccccc1)(c1ccccc1)c1cccc(-c2cc3c(cc2-c2cccc(P(=O)(c4ccccc4)c4ccccc4)c2)Oc2nc4ccccc4nc2O3)c1. The fourth-order valence-electron chi connectivity index (χ4n) is 7.69. The molecule has 1 aromatic heterocycles. The third kappa shape index (κ3) is 6.15. The van der Waals surface area contributed by atoms with E-state index in [9.17, 15) is 0 Å². The molecular weight excluding hydrogens is 755 g/mol. The Balaban J connectivity index is 1.18. The molecule has 58 heavy (non-hydrogen) atoms. The maximum atomic E-state index is 15.6. The molecule has 0 bridgehead atoms. The van der Waals surface area contributed by atoms with Gasteiger partial charge in [-0.3, -0.25) is 0 Å². The highest BCUT2D eigenvalue weighted by atomic mass is 31.2. The third-order valence-corrected chi connectivity index (χ3v) is 16.6. The molecule has 2 heterocycles. The Labute approximate surface area is 336 Å². The molecule has 0 fully saturated rings. The van der Waals surface area contributed by atoms with Crippen molar-refractivity contribution in [2.24, 2.45) is 0 Å². The molecule has 6 nitrogen and oxygen atoms in total. The molecule has 1 aliphatic heterocycles. The first-order valence-corrected chi connectivity index (χ1v) is 22.3. The Bertz CT molecular complexity index is 2780. The first-order valence-electron chi connectivity index (χ1n) is 18.9. The van der Waals surface area contributed by atoms with E-state index in [1.54, 1.807) is 0 Å². The first kappa shape index (κ1) is 35.6. The minimum atomic E-state index is -3.31. The molecule has 278 valence electrons. The van der Waals surface area contributed by atoms with E-state index in [-0.39, 0.29) is 11.8 Å². The summed E-state index contributed by atoms with van der Waals surface area (Å²) in [6.07, 6.45) is 0. The fourth-order valence-corrected chi connectivity index (χ4v) is 13.1. The van der Waals surface area contributed by atoms with Gasteiger partial charge >= 0.3 is 0 Å². The number of rotatable bonds is 8. The van der Waals surface area contributed by atoms with Crippen molar-refractivity contribution in [1.29, 1.82) is 0 Å². The van der Waals surface area contributed by atoms with Crippen molar-refractivity contribution in [3.8, 4) is 45.5 Å². The lowest BCUT2D eigenvalue weighted by molar-refractivity contribution is 0.339. The van der Waals surface area contributed by atoms with Gasteiger partial charge < -0.3 is 18.6 Å². The Morgan fingerprint density at radius 2 is 0.638 bits per heavy atom. The molecule has 8 heteroatoms. The molecule has 0 spiro atoms. The molecule has 1 aliphatic rings. The molecule has 10 rings (SSSR count). The number of aromatic nitrogens is 2. The molecule has 0 saturated carbocycles. The predicted molar refractivity (Wildman–Crippen MR) is 236 cm³/mol. The zero-order valence-corrected chi connectivity index (χ0v) is 32.8. The van der Waals surface area contributed by atoms with Crippen LogP contribution in [0.15, 0.2) is 206 Å². The monoisotopic (exact) mass is 788 g/mol. The van der Waals surface area contributed by atoms with Gasteiger partial charge in [0, 0.05) is 31.8 Å². The largest absolute Gasteiger partial charge is 0.431 e. The van der Waals surface area contributed by atoms with Gasteiger partial charge in [0.25, 0.3) is 11.8 Å². The van der Waals surface area contributed by atoms with Gasteiger partial charge in [0.15, 0.2) is 25.8 Å². The average molecular weight is 789 g/mol. The van der Waals surface area contributed by atoms with Crippen LogP contribution in [0.3, 0.4) is 0 Å². The van der Waals surface area contributed by atoms with Crippen LogP contribution >= 0.6 is 14.3 Å². The van der Waals surface area contributed by atoms with E-state index in [4.69, 9.17) is 19.4 Å². The van der Waals surface area contributed by atoms with Gasteiger partial charge in [0.2, 0.25) is 0 Å². The second kappa shape index (κ2) is 14.6. The van der Waals surface area contributed by atoms with Crippen LogP contribution in [0.5, 0.6) is 23.3 Å². The lowest BCUT2D eigenvalue weighted by atomic mass is 9.93. The van der Waals surface area contributed by atoms with Crippen molar-refractivity contribution in [1.82, 2.24) is 9.97 Å². The van der Waals surface area contributed by atoms with Crippen LogP contribution in [0.1, 0.15) is 0 Å². The molecule has 0 amide bonds. The van der Waals surface area contributed by atoms with E-state index in [2.05, 4.69) is 0 Å². The summed E-state index contributed by atoms with van der Waals surface area (Å²) < 4.78 is 44.1. The Kier molecular flexibility index (Phi) is 8.94. The van der Waals surface area contributed by atoms with Crippen LogP contribution in [-0.4, -0.2) is 9.97 Å². The highest BCUT2D eigenvalue weighted by Gasteiger charge is 2.33. The Morgan fingerprint density at radius 1 is 0.328 bits per heavy atom. The van der Waals surface area contributed by atoms with Crippen LogP contribution in [0.2, 0.25) is 0 Å². The summed E-state index contributed by atoms with van der Waals surface area (Å²) in [6.45, 7) is 0. The number of ether oxygens (including phenoxy) is 2. The number of hydrogen-bond donors (Lipinski definition) is 0. The minimum Gasteiger partial charge on any atom is -0.431 e. The number of hydrogen-bond acceptors (Lipinski definition) is 6. The van der Waals surface area contributed by atoms with Crippen LogP contribution in [0.25, 0.3) is 33.3 Å². The lowest BCUT2D eigenvalue weighted by Gasteiger charge is -2.24. The third-order valence-electron chi connectivity index (χ3n) is 10.5. The van der Waals surface area contributed by atoms with Crippen LogP contribution < -0.4 is 41.3 Å². The number of benzene rings is 8. The van der Waals surface area contributed by atoms with Gasteiger partial charge in [-0.05, 0) is 58.7 Å². The number of para-hydroxylation sites is 2. The zero-order chi connectivity index (χ0) is 39.1. The van der Waals surface area contributed by atoms with E-state index in [0.717, 1.165) is 43.5 Å². The Hall–Kier alpha value is -6.84. The van der Waals surface area contributed by atoms with Gasteiger partial charge in [-0.15, -0.1) is 0 Å². The van der Waals surface area contributed by atoms with Crippen LogP contribution in [0, 0.1) is 0 Å². The molecule has 0 saturated heterocycles. The highest BCUT2D eigenvalue weighted by molar-refractivity contribution is 7.85. The van der Waals surface area contributed by atoms with E-state index >= 15 is 9.13 Å². The highest BCUT2D eigenvalue weighted by Crippen LogP contribution is 2.50.